The number of hydrogen-bond donors (Lipinski definition) is 1. The Hall–Kier alpha value is -1.24. The maximum atomic E-state index is 3.60. The zero-order valence-electron chi connectivity index (χ0n) is 12.8. The average molecular weight is 257 g/mol. The van der Waals surface area contributed by atoms with Gasteiger partial charge in [0.1, 0.15) is 0 Å². The Kier molecular flexibility index (Phi) is 4.68. The van der Waals surface area contributed by atoms with Crippen LogP contribution in [0.2, 0.25) is 0 Å². The predicted octanol–water partition coefficient (Wildman–Crippen LogP) is 5.37. The van der Waals surface area contributed by atoms with Crippen LogP contribution in [0, 0.1) is 19.8 Å². The number of allylic oxidation sites excluding steroid dienone is 2. The number of fused-ring (bicyclic) bond motifs is 1. The van der Waals surface area contributed by atoms with E-state index in [1.165, 1.54) is 53.8 Å². The van der Waals surface area contributed by atoms with Gasteiger partial charge in [-0.05, 0) is 55.4 Å². The van der Waals surface area contributed by atoms with Gasteiger partial charge in [-0.3, -0.25) is 0 Å². The van der Waals surface area contributed by atoms with E-state index in [0.717, 1.165) is 12.3 Å². The second-order valence-corrected chi connectivity index (χ2v) is 5.90. The molecule has 1 aliphatic heterocycles. The van der Waals surface area contributed by atoms with Crippen LogP contribution in [0.5, 0.6) is 0 Å². The minimum atomic E-state index is 0.735. The molecule has 0 saturated carbocycles. The van der Waals surface area contributed by atoms with Crippen molar-refractivity contribution in [2.45, 2.75) is 59.8 Å². The second kappa shape index (κ2) is 6.27. The molecule has 1 aliphatic rings. The minimum Gasteiger partial charge on any atom is -0.359 e. The van der Waals surface area contributed by atoms with E-state index >= 15 is 0 Å². The summed E-state index contributed by atoms with van der Waals surface area (Å²) in [6, 6.07) is 4.63. The third-order valence-corrected chi connectivity index (χ3v) is 4.29. The Morgan fingerprint density at radius 1 is 1.21 bits per heavy atom. The van der Waals surface area contributed by atoms with Crippen LogP contribution in [0.1, 0.15) is 56.2 Å². The molecule has 0 radical (unpaired) electrons. The SMILES string of the molecule is CCCCC(C=C1Cc2cc(C)c(C)cc2N1)CC. The summed E-state index contributed by atoms with van der Waals surface area (Å²) >= 11 is 0. The summed E-state index contributed by atoms with van der Waals surface area (Å²) < 4.78 is 0. The van der Waals surface area contributed by atoms with Gasteiger partial charge in [-0.25, -0.2) is 0 Å². The average Bonchev–Trinajstić information content (AvgIpc) is 2.76. The maximum Gasteiger partial charge on any atom is 0.0421 e. The number of hydrogen-bond acceptors (Lipinski definition) is 1. The molecule has 104 valence electrons. The van der Waals surface area contributed by atoms with Crippen molar-refractivity contribution in [2.75, 3.05) is 5.32 Å². The van der Waals surface area contributed by atoms with Crippen LogP contribution >= 0.6 is 0 Å². The smallest absolute Gasteiger partial charge is 0.0421 e. The van der Waals surface area contributed by atoms with Crippen LogP contribution in [-0.4, -0.2) is 0 Å². The summed E-state index contributed by atoms with van der Waals surface area (Å²) in [5, 5.41) is 3.60. The van der Waals surface area contributed by atoms with Crippen molar-refractivity contribution in [1.82, 2.24) is 0 Å². The summed E-state index contributed by atoms with van der Waals surface area (Å²) in [7, 11) is 0. The van der Waals surface area contributed by atoms with Gasteiger partial charge in [0.15, 0.2) is 0 Å². The fourth-order valence-electron chi connectivity index (χ4n) is 2.82. The van der Waals surface area contributed by atoms with E-state index < -0.39 is 0 Å². The standard InChI is InChI=1S/C18H27N/c1-5-7-8-15(6-2)11-17-12-16-9-13(3)14(4)10-18(16)19-17/h9-11,15,19H,5-8,12H2,1-4H3. The first-order valence-electron chi connectivity index (χ1n) is 7.71. The van der Waals surface area contributed by atoms with E-state index in [-0.39, 0.29) is 0 Å². The molecule has 1 N–H and O–H groups in total. The molecule has 0 saturated heterocycles. The number of rotatable bonds is 5. The molecule has 1 unspecified atom stereocenters. The molecule has 0 aromatic heterocycles. The summed E-state index contributed by atoms with van der Waals surface area (Å²) in [6.45, 7) is 8.96. The first-order chi connectivity index (χ1) is 9.13. The fourth-order valence-corrected chi connectivity index (χ4v) is 2.82. The number of benzene rings is 1. The second-order valence-electron chi connectivity index (χ2n) is 5.90. The molecule has 0 fully saturated rings. The maximum absolute atomic E-state index is 3.60. The highest BCUT2D eigenvalue weighted by molar-refractivity contribution is 5.64. The molecule has 1 heteroatoms. The van der Waals surface area contributed by atoms with Crippen molar-refractivity contribution in [1.29, 1.82) is 0 Å². The molecule has 1 nitrogen and oxygen atoms in total. The third-order valence-electron chi connectivity index (χ3n) is 4.29. The first kappa shape index (κ1) is 14.2. The van der Waals surface area contributed by atoms with Crippen molar-refractivity contribution in [3.8, 4) is 0 Å². The van der Waals surface area contributed by atoms with Crippen molar-refractivity contribution in [3.63, 3.8) is 0 Å². The zero-order chi connectivity index (χ0) is 13.8. The van der Waals surface area contributed by atoms with Gasteiger partial charge < -0.3 is 5.32 Å². The molecule has 0 aliphatic carbocycles. The molecular formula is C18H27N. The van der Waals surface area contributed by atoms with Gasteiger partial charge in [-0.1, -0.05) is 38.8 Å². The molecule has 1 heterocycles. The van der Waals surface area contributed by atoms with Crippen LogP contribution in [0.4, 0.5) is 5.69 Å². The van der Waals surface area contributed by atoms with E-state index in [4.69, 9.17) is 0 Å². The molecule has 19 heavy (non-hydrogen) atoms. The lowest BCUT2D eigenvalue weighted by molar-refractivity contribution is 0.537. The molecule has 2 rings (SSSR count). The first-order valence-corrected chi connectivity index (χ1v) is 7.71. The van der Waals surface area contributed by atoms with E-state index in [2.05, 4.69) is 51.2 Å². The molecule has 1 atom stereocenters. The van der Waals surface area contributed by atoms with Crippen molar-refractivity contribution in [2.24, 2.45) is 5.92 Å². The molecule has 0 spiro atoms. The number of aryl methyl sites for hydroxylation is 2. The van der Waals surface area contributed by atoms with Crippen molar-refractivity contribution >= 4 is 5.69 Å². The van der Waals surface area contributed by atoms with Crippen LogP contribution in [0.15, 0.2) is 23.9 Å². The number of unbranched alkanes of at least 4 members (excludes halogenated alkanes) is 1. The summed E-state index contributed by atoms with van der Waals surface area (Å²) in [6.07, 6.45) is 8.77. The molecule has 1 aromatic rings. The van der Waals surface area contributed by atoms with Gasteiger partial charge in [-0.15, -0.1) is 0 Å². The number of nitrogens with one attached hydrogen (secondary N) is 1. The van der Waals surface area contributed by atoms with Crippen molar-refractivity contribution in [3.05, 3.63) is 40.6 Å². The third kappa shape index (κ3) is 3.40. The highest BCUT2D eigenvalue weighted by atomic mass is 14.9. The highest BCUT2D eigenvalue weighted by Crippen LogP contribution is 2.31. The van der Waals surface area contributed by atoms with E-state index in [0.29, 0.717) is 0 Å². The Morgan fingerprint density at radius 3 is 2.63 bits per heavy atom. The quantitative estimate of drug-likeness (QED) is 0.747. The molecular weight excluding hydrogens is 230 g/mol. The van der Waals surface area contributed by atoms with E-state index in [1.54, 1.807) is 0 Å². The Labute approximate surface area is 118 Å². The molecule has 0 amide bonds. The van der Waals surface area contributed by atoms with E-state index in [1.807, 2.05) is 0 Å². The van der Waals surface area contributed by atoms with Gasteiger partial charge in [0.05, 0.1) is 0 Å². The molecule has 1 aromatic carbocycles. The lowest BCUT2D eigenvalue weighted by Gasteiger charge is -2.11. The number of anilines is 1. The lowest BCUT2D eigenvalue weighted by Crippen LogP contribution is -2.00. The van der Waals surface area contributed by atoms with Gasteiger partial charge in [-0.2, -0.15) is 0 Å². The largest absolute Gasteiger partial charge is 0.359 e. The summed E-state index contributed by atoms with van der Waals surface area (Å²) in [4.78, 5) is 0. The Balaban J connectivity index is 2.09. The minimum absolute atomic E-state index is 0.735. The predicted molar refractivity (Wildman–Crippen MR) is 84.6 cm³/mol. The Morgan fingerprint density at radius 2 is 1.95 bits per heavy atom. The molecule has 0 bridgehead atoms. The monoisotopic (exact) mass is 257 g/mol. The van der Waals surface area contributed by atoms with Crippen LogP contribution in [0.3, 0.4) is 0 Å². The van der Waals surface area contributed by atoms with Crippen LogP contribution < -0.4 is 5.32 Å². The normalized spacial score (nSPS) is 17.4. The van der Waals surface area contributed by atoms with Gasteiger partial charge in [0.2, 0.25) is 0 Å². The fraction of sp³-hybridized carbons (Fsp3) is 0.556. The van der Waals surface area contributed by atoms with Crippen LogP contribution in [-0.2, 0) is 6.42 Å². The van der Waals surface area contributed by atoms with Crippen LogP contribution in [0.25, 0.3) is 0 Å². The lowest BCUT2D eigenvalue weighted by atomic mass is 9.97. The van der Waals surface area contributed by atoms with Gasteiger partial charge in [0, 0.05) is 17.8 Å². The summed E-state index contributed by atoms with van der Waals surface area (Å²) in [5.41, 5.74) is 6.97. The van der Waals surface area contributed by atoms with E-state index in [9.17, 15) is 0 Å². The zero-order valence-corrected chi connectivity index (χ0v) is 12.8. The topological polar surface area (TPSA) is 12.0 Å². The summed E-state index contributed by atoms with van der Waals surface area (Å²) in [5.74, 6) is 0.735. The Bertz CT molecular complexity index is 438. The van der Waals surface area contributed by atoms with Crippen molar-refractivity contribution < 1.29 is 0 Å². The highest BCUT2D eigenvalue weighted by Gasteiger charge is 2.16. The van der Waals surface area contributed by atoms with Gasteiger partial charge in [0.25, 0.3) is 0 Å². The van der Waals surface area contributed by atoms with Gasteiger partial charge >= 0.3 is 0 Å².